The second-order valence-electron chi connectivity index (χ2n) is 0.492. The van der Waals surface area contributed by atoms with Crippen LogP contribution in [0, 0.1) is 0 Å². The number of aliphatic hydroxyl groups is 2. The zero-order valence-corrected chi connectivity index (χ0v) is 6.45. The van der Waals surface area contributed by atoms with Gasteiger partial charge in [-0.3, -0.25) is 0 Å². The molecular formula is C2H6Cl2O2Pd. The first-order chi connectivity index (χ1) is 3.33. The van der Waals surface area contributed by atoms with Gasteiger partial charge in [0.1, 0.15) is 0 Å². The number of halogens is 2. The molecular weight excluding hydrogens is 233 g/mol. The molecule has 50 valence electrons. The fourth-order valence-corrected chi connectivity index (χ4v) is 0. The molecule has 0 saturated carbocycles. The van der Waals surface area contributed by atoms with E-state index in [1.54, 1.807) is 0 Å². The van der Waals surface area contributed by atoms with E-state index in [0.29, 0.717) is 0 Å². The molecule has 0 saturated heterocycles. The number of aliphatic hydroxyl groups excluding tert-OH is 2. The molecule has 0 aromatic heterocycles. The molecule has 0 unspecified atom stereocenters. The van der Waals surface area contributed by atoms with Gasteiger partial charge in [-0.15, -0.1) is 0 Å². The summed E-state index contributed by atoms with van der Waals surface area (Å²) >= 11 is -0.106. The molecule has 0 radical (unpaired) electrons. The Morgan fingerprint density at radius 2 is 1.29 bits per heavy atom. The fraction of sp³-hybridized carbons (Fsp3) is 1.00. The van der Waals surface area contributed by atoms with Gasteiger partial charge in [-0.1, -0.05) is 0 Å². The molecule has 0 spiro atoms. The molecule has 0 bridgehead atoms. The average molecular weight is 239 g/mol. The Kier molecular flexibility index (Phi) is 24.7. The van der Waals surface area contributed by atoms with E-state index in [4.69, 9.17) is 29.3 Å². The van der Waals surface area contributed by atoms with Crippen LogP contribution >= 0.6 is 19.1 Å². The minimum atomic E-state index is -0.125. The number of hydrogen-bond donors (Lipinski definition) is 2. The van der Waals surface area contributed by atoms with Crippen LogP contribution in [0.15, 0.2) is 0 Å². The second-order valence-corrected chi connectivity index (χ2v) is 2.85. The van der Waals surface area contributed by atoms with Crippen molar-refractivity contribution in [3.8, 4) is 0 Å². The van der Waals surface area contributed by atoms with Crippen LogP contribution in [0.1, 0.15) is 0 Å². The first-order valence-corrected chi connectivity index (χ1v) is 5.38. The van der Waals surface area contributed by atoms with Crippen molar-refractivity contribution in [3.05, 3.63) is 0 Å². The van der Waals surface area contributed by atoms with Gasteiger partial charge in [0, 0.05) is 0 Å². The van der Waals surface area contributed by atoms with E-state index in [2.05, 4.69) is 0 Å². The van der Waals surface area contributed by atoms with Gasteiger partial charge >= 0.3 is 35.0 Å². The van der Waals surface area contributed by atoms with Crippen molar-refractivity contribution >= 4 is 19.1 Å². The molecule has 5 heteroatoms. The summed E-state index contributed by atoms with van der Waals surface area (Å²) in [4.78, 5) is 0. The molecule has 0 aromatic carbocycles. The van der Waals surface area contributed by atoms with Crippen molar-refractivity contribution in [1.82, 2.24) is 0 Å². The van der Waals surface area contributed by atoms with Crippen LogP contribution in [0.4, 0.5) is 0 Å². The Morgan fingerprint density at radius 1 is 1.14 bits per heavy atom. The summed E-state index contributed by atoms with van der Waals surface area (Å²) in [6.45, 7) is -0.250. The van der Waals surface area contributed by atoms with Crippen LogP contribution in [-0.4, -0.2) is 23.4 Å². The van der Waals surface area contributed by atoms with Crippen molar-refractivity contribution in [2.75, 3.05) is 13.2 Å². The summed E-state index contributed by atoms with van der Waals surface area (Å²) in [7, 11) is 9.63. The van der Waals surface area contributed by atoms with Crippen LogP contribution in [-0.2, 0) is 15.9 Å². The molecule has 0 aliphatic carbocycles. The van der Waals surface area contributed by atoms with E-state index >= 15 is 0 Å². The third kappa shape index (κ3) is 40.8. The summed E-state index contributed by atoms with van der Waals surface area (Å²) in [6, 6.07) is 0. The molecule has 2 nitrogen and oxygen atoms in total. The summed E-state index contributed by atoms with van der Waals surface area (Å²) in [5.41, 5.74) is 0. The summed E-state index contributed by atoms with van der Waals surface area (Å²) in [6.07, 6.45) is 0. The quantitative estimate of drug-likeness (QED) is 0.648. The Bertz CT molecular complexity index is 21.2. The first-order valence-electron chi connectivity index (χ1n) is 1.37. The number of hydrogen-bond acceptors (Lipinski definition) is 2. The number of rotatable bonds is 1. The van der Waals surface area contributed by atoms with E-state index in [0.717, 1.165) is 0 Å². The molecule has 2 N–H and O–H groups in total. The second kappa shape index (κ2) is 15.7. The van der Waals surface area contributed by atoms with Crippen LogP contribution in [0.2, 0.25) is 0 Å². The topological polar surface area (TPSA) is 40.5 Å². The van der Waals surface area contributed by atoms with Crippen molar-refractivity contribution in [2.24, 2.45) is 0 Å². The van der Waals surface area contributed by atoms with Crippen molar-refractivity contribution in [1.29, 1.82) is 0 Å². The van der Waals surface area contributed by atoms with Crippen molar-refractivity contribution in [2.45, 2.75) is 0 Å². The van der Waals surface area contributed by atoms with Crippen LogP contribution in [0.5, 0.6) is 0 Å². The van der Waals surface area contributed by atoms with E-state index in [1.165, 1.54) is 0 Å². The fourth-order valence-electron chi connectivity index (χ4n) is 0. The Morgan fingerprint density at radius 3 is 1.29 bits per heavy atom. The van der Waals surface area contributed by atoms with Gasteiger partial charge in [-0.25, -0.2) is 0 Å². The minimum absolute atomic E-state index is 0.106. The molecule has 0 atom stereocenters. The van der Waals surface area contributed by atoms with Crippen LogP contribution in [0.3, 0.4) is 0 Å². The van der Waals surface area contributed by atoms with Gasteiger partial charge < -0.3 is 10.2 Å². The molecule has 0 aliphatic heterocycles. The summed E-state index contributed by atoms with van der Waals surface area (Å²) in [5.74, 6) is 0. The normalized spacial score (nSPS) is 7.43. The first kappa shape index (κ1) is 11.0. The Balaban J connectivity index is 0. The van der Waals surface area contributed by atoms with Gasteiger partial charge in [0.2, 0.25) is 0 Å². The van der Waals surface area contributed by atoms with Crippen molar-refractivity contribution in [3.63, 3.8) is 0 Å². The maximum absolute atomic E-state index is 7.62. The van der Waals surface area contributed by atoms with Crippen molar-refractivity contribution < 1.29 is 26.2 Å². The predicted molar refractivity (Wildman–Crippen MR) is 25.9 cm³/mol. The summed E-state index contributed by atoms with van der Waals surface area (Å²) < 4.78 is 0. The third-order valence-electron chi connectivity index (χ3n) is 0.1000. The molecule has 0 aliphatic rings. The standard InChI is InChI=1S/C2H6O2.2ClH.Pd/c3-1-2-4;;;/h3-4H,1-2H2;2*1H;/q;;;+2/p-2. The predicted octanol–water partition coefficient (Wildman–Crippen LogP) is 0.347. The molecule has 0 amide bonds. The molecule has 0 heterocycles. The van der Waals surface area contributed by atoms with Gasteiger partial charge in [0.05, 0.1) is 13.2 Å². The Labute approximate surface area is 58.5 Å². The van der Waals surface area contributed by atoms with Gasteiger partial charge in [0.25, 0.3) is 0 Å². The zero-order valence-electron chi connectivity index (χ0n) is 3.38. The zero-order chi connectivity index (χ0) is 6.12. The monoisotopic (exact) mass is 238 g/mol. The van der Waals surface area contributed by atoms with E-state index < -0.39 is 0 Å². The van der Waals surface area contributed by atoms with E-state index in [1.807, 2.05) is 0 Å². The Hall–Kier alpha value is 1.16. The van der Waals surface area contributed by atoms with Gasteiger partial charge in [-0.2, -0.15) is 0 Å². The molecule has 7 heavy (non-hydrogen) atoms. The molecule has 0 rings (SSSR count). The van der Waals surface area contributed by atoms with Crippen LogP contribution in [0.25, 0.3) is 0 Å². The SMILES string of the molecule is OCCO.[Cl][Pd][Cl]. The van der Waals surface area contributed by atoms with E-state index in [9.17, 15) is 0 Å². The van der Waals surface area contributed by atoms with Crippen LogP contribution < -0.4 is 0 Å². The van der Waals surface area contributed by atoms with E-state index in [-0.39, 0.29) is 29.2 Å². The molecule has 0 aromatic rings. The average Bonchev–Trinajstić information content (AvgIpc) is 1.69. The third-order valence-corrected chi connectivity index (χ3v) is 0.1000. The van der Waals surface area contributed by atoms with Gasteiger partial charge in [-0.05, 0) is 0 Å². The van der Waals surface area contributed by atoms with Gasteiger partial charge in [0.15, 0.2) is 0 Å². The summed E-state index contributed by atoms with van der Waals surface area (Å²) in [5, 5.41) is 15.2. The maximum atomic E-state index is 7.62. The molecule has 0 fully saturated rings.